The van der Waals surface area contributed by atoms with Crippen LogP contribution >= 0.6 is 0 Å². The lowest BCUT2D eigenvalue weighted by Crippen LogP contribution is -2.33. The Kier molecular flexibility index (Phi) is 6.18. The van der Waals surface area contributed by atoms with Crippen molar-refractivity contribution in [3.8, 4) is 0 Å². The molecule has 4 N–H and O–H groups in total. The highest BCUT2D eigenvalue weighted by Gasteiger charge is 2.21. The Balaban J connectivity index is 2.81. The monoisotopic (exact) mass is 278 g/mol. The summed E-state index contributed by atoms with van der Waals surface area (Å²) in [5.74, 6) is -1.06. The number of aliphatic carboxylic acids is 1. The molecule has 1 amide bonds. The van der Waals surface area contributed by atoms with Gasteiger partial charge in [-0.3, -0.25) is 9.59 Å². The normalized spacial score (nSPS) is 12.2. The summed E-state index contributed by atoms with van der Waals surface area (Å²) in [7, 11) is 0. The van der Waals surface area contributed by atoms with Crippen molar-refractivity contribution in [2.45, 2.75) is 26.7 Å². The minimum atomic E-state index is -0.854. The molecule has 1 unspecified atom stereocenters. The van der Waals surface area contributed by atoms with E-state index in [0.29, 0.717) is 18.7 Å². The van der Waals surface area contributed by atoms with E-state index in [1.807, 2.05) is 32.0 Å². The smallest absolute Gasteiger partial charge is 0.303 e. The molecule has 0 radical (unpaired) electrons. The number of aryl methyl sites for hydroxylation is 1. The highest BCUT2D eigenvalue weighted by molar-refractivity contribution is 5.93. The molecule has 0 aliphatic heterocycles. The lowest BCUT2D eigenvalue weighted by Gasteiger charge is -2.19. The standard InChI is InChI=1S/C15H22N2O3/c1-10(2)12(9-16)15(20)17-13-6-4-3-5-11(13)7-8-14(18)19/h3-6,10,12H,7-9,16H2,1-2H3,(H,17,20)(H,18,19). The molecule has 0 bridgehead atoms. The van der Waals surface area contributed by atoms with E-state index in [-0.39, 0.29) is 24.2 Å². The highest BCUT2D eigenvalue weighted by Crippen LogP contribution is 2.19. The molecule has 5 heteroatoms. The number of hydrogen-bond donors (Lipinski definition) is 3. The first kappa shape index (κ1) is 16.2. The van der Waals surface area contributed by atoms with Crippen LogP contribution in [0.3, 0.4) is 0 Å². The van der Waals surface area contributed by atoms with Crippen molar-refractivity contribution < 1.29 is 14.7 Å². The zero-order valence-electron chi connectivity index (χ0n) is 11.9. The van der Waals surface area contributed by atoms with Gasteiger partial charge in [0.2, 0.25) is 5.91 Å². The Morgan fingerprint density at radius 2 is 1.95 bits per heavy atom. The number of carboxylic acids is 1. The van der Waals surface area contributed by atoms with Crippen LogP contribution in [0.1, 0.15) is 25.8 Å². The Hall–Kier alpha value is -1.88. The van der Waals surface area contributed by atoms with E-state index in [1.165, 1.54) is 0 Å². The van der Waals surface area contributed by atoms with Gasteiger partial charge in [-0.15, -0.1) is 0 Å². The van der Waals surface area contributed by atoms with Crippen molar-refractivity contribution >= 4 is 17.6 Å². The van der Waals surface area contributed by atoms with Crippen LogP contribution in [0.4, 0.5) is 5.69 Å². The van der Waals surface area contributed by atoms with Gasteiger partial charge in [0.05, 0.1) is 5.92 Å². The number of amides is 1. The van der Waals surface area contributed by atoms with E-state index in [0.717, 1.165) is 5.56 Å². The predicted molar refractivity (Wildman–Crippen MR) is 78.4 cm³/mol. The van der Waals surface area contributed by atoms with Crippen LogP contribution in [0.15, 0.2) is 24.3 Å². The van der Waals surface area contributed by atoms with E-state index < -0.39 is 5.97 Å². The summed E-state index contributed by atoms with van der Waals surface area (Å²) in [5, 5.41) is 11.6. The molecule has 1 aromatic carbocycles. The molecule has 1 atom stereocenters. The maximum absolute atomic E-state index is 12.2. The first-order chi connectivity index (χ1) is 9.45. The van der Waals surface area contributed by atoms with Gasteiger partial charge in [0, 0.05) is 18.7 Å². The molecule has 0 heterocycles. The highest BCUT2D eigenvalue weighted by atomic mass is 16.4. The zero-order valence-corrected chi connectivity index (χ0v) is 11.9. The number of rotatable bonds is 7. The van der Waals surface area contributed by atoms with E-state index in [4.69, 9.17) is 10.8 Å². The summed E-state index contributed by atoms with van der Waals surface area (Å²) in [6.07, 6.45) is 0.429. The molecule has 1 rings (SSSR count). The molecule has 1 aromatic rings. The summed E-state index contributed by atoms with van der Waals surface area (Å²) in [5.41, 5.74) is 7.11. The Morgan fingerprint density at radius 1 is 1.30 bits per heavy atom. The second-order valence-corrected chi connectivity index (χ2v) is 5.13. The van der Waals surface area contributed by atoms with Crippen LogP contribution in [0.5, 0.6) is 0 Å². The number of carbonyl (C=O) groups excluding carboxylic acids is 1. The predicted octanol–water partition coefficient (Wildman–Crippen LogP) is 1.87. The van der Waals surface area contributed by atoms with E-state index in [9.17, 15) is 9.59 Å². The van der Waals surface area contributed by atoms with Crippen molar-refractivity contribution in [1.82, 2.24) is 0 Å². The van der Waals surface area contributed by atoms with Gasteiger partial charge < -0.3 is 16.2 Å². The number of para-hydroxylation sites is 1. The molecule has 0 saturated heterocycles. The number of benzene rings is 1. The number of nitrogens with one attached hydrogen (secondary N) is 1. The third-order valence-corrected chi connectivity index (χ3v) is 3.28. The van der Waals surface area contributed by atoms with Crippen molar-refractivity contribution in [3.63, 3.8) is 0 Å². The van der Waals surface area contributed by atoms with Crippen LogP contribution in [0.2, 0.25) is 0 Å². The SMILES string of the molecule is CC(C)C(CN)C(=O)Nc1ccccc1CCC(=O)O. The van der Waals surface area contributed by atoms with Gasteiger partial charge in [-0.2, -0.15) is 0 Å². The fraction of sp³-hybridized carbons (Fsp3) is 0.467. The molecule has 0 spiro atoms. The van der Waals surface area contributed by atoms with Crippen molar-refractivity contribution in [1.29, 1.82) is 0 Å². The van der Waals surface area contributed by atoms with Crippen LogP contribution in [-0.4, -0.2) is 23.5 Å². The van der Waals surface area contributed by atoms with Gasteiger partial charge in [0.1, 0.15) is 0 Å². The third kappa shape index (κ3) is 4.66. The Morgan fingerprint density at radius 3 is 2.50 bits per heavy atom. The third-order valence-electron chi connectivity index (χ3n) is 3.28. The van der Waals surface area contributed by atoms with Gasteiger partial charge in [-0.25, -0.2) is 0 Å². The van der Waals surface area contributed by atoms with Crippen LogP contribution in [0.25, 0.3) is 0 Å². The quantitative estimate of drug-likeness (QED) is 0.710. The second-order valence-electron chi connectivity index (χ2n) is 5.13. The Labute approximate surface area is 119 Å². The number of carbonyl (C=O) groups is 2. The van der Waals surface area contributed by atoms with Crippen molar-refractivity contribution in [3.05, 3.63) is 29.8 Å². The fourth-order valence-corrected chi connectivity index (χ4v) is 2.01. The molecule has 20 heavy (non-hydrogen) atoms. The van der Waals surface area contributed by atoms with E-state index >= 15 is 0 Å². The van der Waals surface area contributed by atoms with E-state index in [2.05, 4.69) is 5.32 Å². The molecule has 0 aromatic heterocycles. The molecular weight excluding hydrogens is 256 g/mol. The minimum absolute atomic E-state index is 0.0391. The lowest BCUT2D eigenvalue weighted by atomic mass is 9.95. The number of hydrogen-bond acceptors (Lipinski definition) is 3. The summed E-state index contributed by atoms with van der Waals surface area (Å²) >= 11 is 0. The van der Waals surface area contributed by atoms with Crippen molar-refractivity contribution in [2.24, 2.45) is 17.6 Å². The zero-order chi connectivity index (χ0) is 15.1. The molecule has 0 aliphatic carbocycles. The average molecular weight is 278 g/mol. The van der Waals surface area contributed by atoms with E-state index in [1.54, 1.807) is 6.07 Å². The maximum Gasteiger partial charge on any atom is 0.303 e. The number of anilines is 1. The molecule has 0 aliphatic rings. The van der Waals surface area contributed by atoms with Crippen LogP contribution in [-0.2, 0) is 16.0 Å². The van der Waals surface area contributed by atoms with Gasteiger partial charge in [-0.05, 0) is 24.0 Å². The van der Waals surface area contributed by atoms with Crippen LogP contribution < -0.4 is 11.1 Å². The topological polar surface area (TPSA) is 92.4 Å². The van der Waals surface area contributed by atoms with Gasteiger partial charge in [0.15, 0.2) is 0 Å². The van der Waals surface area contributed by atoms with Gasteiger partial charge in [0.25, 0.3) is 0 Å². The van der Waals surface area contributed by atoms with Crippen molar-refractivity contribution in [2.75, 3.05) is 11.9 Å². The summed E-state index contributed by atoms with van der Waals surface area (Å²) in [4.78, 5) is 22.8. The average Bonchev–Trinajstić information content (AvgIpc) is 2.38. The lowest BCUT2D eigenvalue weighted by molar-refractivity contribution is -0.137. The van der Waals surface area contributed by atoms with Gasteiger partial charge >= 0.3 is 5.97 Å². The summed E-state index contributed by atoms with van der Waals surface area (Å²) in [6.45, 7) is 4.20. The number of nitrogens with two attached hydrogens (primary N) is 1. The Bertz CT molecular complexity index is 472. The largest absolute Gasteiger partial charge is 0.481 e. The summed E-state index contributed by atoms with van der Waals surface area (Å²) < 4.78 is 0. The molecule has 0 saturated carbocycles. The molecular formula is C15H22N2O3. The van der Waals surface area contributed by atoms with Crippen LogP contribution in [0, 0.1) is 11.8 Å². The maximum atomic E-state index is 12.2. The first-order valence-electron chi connectivity index (χ1n) is 6.76. The molecule has 110 valence electrons. The molecule has 5 nitrogen and oxygen atoms in total. The number of carboxylic acid groups (broad SMARTS) is 1. The second kappa shape index (κ2) is 7.65. The summed E-state index contributed by atoms with van der Waals surface area (Å²) in [6, 6.07) is 7.25. The minimum Gasteiger partial charge on any atom is -0.481 e. The fourth-order valence-electron chi connectivity index (χ4n) is 2.01. The first-order valence-corrected chi connectivity index (χ1v) is 6.76. The molecule has 0 fully saturated rings. The van der Waals surface area contributed by atoms with Gasteiger partial charge in [-0.1, -0.05) is 32.0 Å².